The fraction of sp³-hybridized carbons (Fsp3) is 0.314. The van der Waals surface area contributed by atoms with Crippen LogP contribution >= 0.6 is 0 Å². The van der Waals surface area contributed by atoms with Crippen LogP contribution in [0.15, 0.2) is 54.7 Å². The minimum absolute atomic E-state index is 0.0560. The van der Waals surface area contributed by atoms with E-state index in [0.717, 1.165) is 44.1 Å². The number of likely N-dealkylation sites (tertiary alicyclic amines) is 1. The van der Waals surface area contributed by atoms with E-state index >= 15 is 0 Å². The Labute approximate surface area is 270 Å². The van der Waals surface area contributed by atoms with Crippen molar-refractivity contribution in [2.24, 2.45) is 7.05 Å². The predicted octanol–water partition coefficient (Wildman–Crippen LogP) is 4.94. The third kappa shape index (κ3) is 7.31. The predicted molar refractivity (Wildman–Crippen MR) is 172 cm³/mol. The summed E-state index contributed by atoms with van der Waals surface area (Å²) in [5, 5.41) is 5.47. The van der Waals surface area contributed by atoms with E-state index in [9.17, 15) is 22.8 Å². The number of nitrogen functional groups attached to an aromatic ring is 1. The lowest BCUT2D eigenvalue weighted by molar-refractivity contribution is -0.138. The zero-order chi connectivity index (χ0) is 33.1. The Kier molecular flexibility index (Phi) is 9.00. The summed E-state index contributed by atoms with van der Waals surface area (Å²) in [5.41, 5.74) is 9.89. The van der Waals surface area contributed by atoms with E-state index in [-0.39, 0.29) is 36.1 Å². The summed E-state index contributed by atoms with van der Waals surface area (Å²) in [7, 11) is 1.87. The summed E-state index contributed by atoms with van der Waals surface area (Å²) in [6.07, 6.45) is 0.681. The number of hydrogen-bond acceptors (Lipinski definition) is 6. The minimum Gasteiger partial charge on any atom is -0.368 e. The van der Waals surface area contributed by atoms with Gasteiger partial charge in [-0.25, -0.2) is 9.97 Å². The molecule has 9 nitrogen and oxygen atoms in total. The largest absolute Gasteiger partial charge is 0.416 e. The number of nitrogens with one attached hydrogen (secondary N) is 2. The summed E-state index contributed by atoms with van der Waals surface area (Å²) >= 11 is 0. The van der Waals surface area contributed by atoms with Crippen LogP contribution in [0.25, 0.3) is 11.4 Å². The van der Waals surface area contributed by atoms with Crippen molar-refractivity contribution in [2.45, 2.75) is 44.8 Å². The van der Waals surface area contributed by atoms with Crippen LogP contribution in [0.4, 0.5) is 24.8 Å². The minimum atomic E-state index is -4.54. The Balaban J connectivity index is 1.18. The number of halogens is 3. The smallest absolute Gasteiger partial charge is 0.368 e. The maximum absolute atomic E-state index is 14.0. The van der Waals surface area contributed by atoms with Gasteiger partial charge in [0.1, 0.15) is 5.69 Å². The molecule has 0 saturated carbocycles. The number of benzene rings is 2. The van der Waals surface area contributed by atoms with Gasteiger partial charge in [-0.05, 0) is 67.4 Å². The van der Waals surface area contributed by atoms with Crippen LogP contribution < -0.4 is 16.4 Å². The molecule has 0 spiro atoms. The first-order valence-electron chi connectivity index (χ1n) is 15.5. The molecule has 1 saturated heterocycles. The molecule has 12 heteroatoms. The highest BCUT2D eigenvalue weighted by Crippen LogP contribution is 2.35. The van der Waals surface area contributed by atoms with Crippen molar-refractivity contribution in [3.05, 3.63) is 93.8 Å². The molecule has 2 aromatic heterocycles. The van der Waals surface area contributed by atoms with Crippen LogP contribution in [0.1, 0.15) is 63.1 Å². The van der Waals surface area contributed by atoms with E-state index in [4.69, 9.17) is 5.73 Å². The van der Waals surface area contributed by atoms with E-state index in [1.54, 1.807) is 30.3 Å². The first-order chi connectivity index (χ1) is 22.5. The molecule has 4 N–H and O–H groups in total. The molecule has 2 aliphatic heterocycles. The Bertz CT molecular complexity index is 1900. The first-order valence-corrected chi connectivity index (χ1v) is 15.5. The summed E-state index contributed by atoms with van der Waals surface area (Å²) in [6, 6.07) is 12.8. The number of piperidine rings is 1. The highest BCUT2D eigenvalue weighted by atomic mass is 19.4. The maximum Gasteiger partial charge on any atom is 0.416 e. The number of carbonyl (C=O) groups is 2. The van der Waals surface area contributed by atoms with Crippen molar-refractivity contribution >= 4 is 23.5 Å². The molecule has 0 aliphatic carbocycles. The lowest BCUT2D eigenvalue weighted by Gasteiger charge is -2.27. The first kappa shape index (κ1) is 31.8. The van der Waals surface area contributed by atoms with Gasteiger partial charge in [0.25, 0.3) is 5.91 Å². The van der Waals surface area contributed by atoms with Crippen molar-refractivity contribution in [2.75, 3.05) is 30.7 Å². The number of carbonyl (C=O) groups excluding carboxylic acids is 2. The summed E-state index contributed by atoms with van der Waals surface area (Å²) in [6.45, 7) is 2.34. The number of fused-ring (bicyclic) bond motifs is 1. The molecular formula is C35H34F3N7O2. The number of aromatic nitrogens is 3. The molecule has 0 radical (unpaired) electrons. The zero-order valence-electron chi connectivity index (χ0n) is 25.9. The van der Waals surface area contributed by atoms with Crippen molar-refractivity contribution in [3.63, 3.8) is 0 Å². The molecule has 0 atom stereocenters. The third-order valence-corrected chi connectivity index (χ3v) is 8.48. The van der Waals surface area contributed by atoms with Gasteiger partial charge in [0.05, 0.1) is 28.8 Å². The zero-order valence-corrected chi connectivity index (χ0v) is 25.9. The molecule has 47 heavy (non-hydrogen) atoms. The molecule has 1 fully saturated rings. The summed E-state index contributed by atoms with van der Waals surface area (Å²) in [5.74, 6) is 5.66. The quantitative estimate of drug-likeness (QED) is 0.257. The summed E-state index contributed by atoms with van der Waals surface area (Å²) < 4.78 is 43.8. The number of nitrogens with zero attached hydrogens (tertiary/aromatic N) is 4. The van der Waals surface area contributed by atoms with Crippen molar-refractivity contribution in [1.82, 2.24) is 24.8 Å². The van der Waals surface area contributed by atoms with Crippen LogP contribution in [-0.4, -0.2) is 50.9 Å². The standard InChI is InChI=1S/C35H34F3N7O2/c1-44-29-12-13-40-33(47)27(29)19-30(44)32-24(20-41-34(39)43-32)9-8-22-6-5-7-23(16-22)17-31(46)42-26-11-10-25(28(18-26)35(36,37)38)21-45-14-3-2-4-15-45/h5-7,10-11,16,18-20H,2-4,12-15,17,21H2,1H3,(H,40,47)(H,42,46)(H2,39,41,43). The molecule has 4 heterocycles. The lowest BCUT2D eigenvalue weighted by Crippen LogP contribution is -2.31. The second-order valence-corrected chi connectivity index (χ2v) is 11.8. The maximum atomic E-state index is 14.0. The Morgan fingerprint density at radius 1 is 1.09 bits per heavy atom. The van der Waals surface area contributed by atoms with Gasteiger partial charge in [0.15, 0.2) is 0 Å². The van der Waals surface area contributed by atoms with Gasteiger partial charge >= 0.3 is 6.18 Å². The van der Waals surface area contributed by atoms with Gasteiger partial charge in [-0.2, -0.15) is 13.2 Å². The Hall–Kier alpha value is -5.15. The molecule has 2 aromatic carbocycles. The second-order valence-electron chi connectivity index (χ2n) is 11.8. The molecule has 0 bridgehead atoms. The average molecular weight is 642 g/mol. The van der Waals surface area contributed by atoms with Gasteiger partial charge < -0.3 is 20.9 Å². The van der Waals surface area contributed by atoms with Crippen LogP contribution in [0.2, 0.25) is 0 Å². The molecule has 6 rings (SSSR count). The third-order valence-electron chi connectivity index (χ3n) is 8.48. The molecule has 2 aliphatic rings. The van der Waals surface area contributed by atoms with Crippen LogP contribution in [0.5, 0.6) is 0 Å². The monoisotopic (exact) mass is 641 g/mol. The molecule has 2 amide bonds. The highest BCUT2D eigenvalue weighted by Gasteiger charge is 2.34. The van der Waals surface area contributed by atoms with Crippen molar-refractivity contribution in [3.8, 4) is 23.2 Å². The second kappa shape index (κ2) is 13.3. The molecular weight excluding hydrogens is 607 g/mol. The number of nitrogens with two attached hydrogens (primary N) is 1. The van der Waals surface area contributed by atoms with Gasteiger partial charge in [-0.3, -0.25) is 14.5 Å². The number of hydrogen-bond donors (Lipinski definition) is 3. The SMILES string of the molecule is Cn1c(-c2nc(N)ncc2C#Cc2cccc(CC(=O)Nc3ccc(CN4CCCCC4)c(C(F)(F)F)c3)c2)cc2c1CCNC2=O. The van der Waals surface area contributed by atoms with Crippen LogP contribution in [-0.2, 0) is 37.4 Å². The van der Waals surface area contributed by atoms with Crippen LogP contribution in [0, 0.1) is 11.8 Å². The Morgan fingerprint density at radius 3 is 2.66 bits per heavy atom. The van der Waals surface area contributed by atoms with Gasteiger partial charge in [0.2, 0.25) is 11.9 Å². The molecule has 242 valence electrons. The van der Waals surface area contributed by atoms with E-state index < -0.39 is 17.6 Å². The number of anilines is 2. The van der Waals surface area contributed by atoms with E-state index in [2.05, 4.69) is 32.4 Å². The van der Waals surface area contributed by atoms with Crippen LogP contribution in [0.3, 0.4) is 0 Å². The van der Waals surface area contributed by atoms with Crippen molar-refractivity contribution < 1.29 is 22.8 Å². The van der Waals surface area contributed by atoms with E-state index in [1.807, 2.05) is 16.5 Å². The normalized spacial score (nSPS) is 14.9. The van der Waals surface area contributed by atoms with E-state index in [0.29, 0.717) is 46.6 Å². The number of alkyl halides is 3. The fourth-order valence-electron chi connectivity index (χ4n) is 6.14. The van der Waals surface area contributed by atoms with Gasteiger partial charge in [0, 0.05) is 49.7 Å². The average Bonchev–Trinajstić information content (AvgIpc) is 3.38. The van der Waals surface area contributed by atoms with E-state index in [1.165, 1.54) is 18.3 Å². The molecule has 0 unspecified atom stereocenters. The fourth-order valence-corrected chi connectivity index (χ4v) is 6.14. The topological polar surface area (TPSA) is 118 Å². The summed E-state index contributed by atoms with van der Waals surface area (Å²) in [4.78, 5) is 35.9. The number of amides is 2. The van der Waals surface area contributed by atoms with Gasteiger partial charge in [-0.1, -0.05) is 36.5 Å². The van der Waals surface area contributed by atoms with Gasteiger partial charge in [-0.15, -0.1) is 0 Å². The highest BCUT2D eigenvalue weighted by molar-refractivity contribution is 5.98. The molecule has 4 aromatic rings. The lowest BCUT2D eigenvalue weighted by atomic mass is 10.0. The number of rotatable bonds is 6. The Morgan fingerprint density at radius 2 is 1.89 bits per heavy atom. The van der Waals surface area contributed by atoms with Crippen molar-refractivity contribution in [1.29, 1.82) is 0 Å².